The van der Waals surface area contributed by atoms with Crippen LogP contribution in [-0.2, 0) is 9.59 Å². The second-order valence-corrected chi connectivity index (χ2v) is 8.85. The van der Waals surface area contributed by atoms with Crippen molar-refractivity contribution in [2.45, 2.75) is 26.0 Å². The molecule has 33 heavy (non-hydrogen) atoms. The number of carbonyl (C=O) groups is 2. The van der Waals surface area contributed by atoms with Crippen molar-refractivity contribution < 1.29 is 23.8 Å². The van der Waals surface area contributed by atoms with E-state index in [0.29, 0.717) is 22.2 Å². The Morgan fingerprint density at radius 1 is 1.09 bits per heavy atom. The average molecular weight is 461 g/mol. The molecule has 1 fully saturated rings. The van der Waals surface area contributed by atoms with Gasteiger partial charge in [0, 0.05) is 5.56 Å². The summed E-state index contributed by atoms with van der Waals surface area (Å²) in [4.78, 5) is 32.1. The number of amides is 1. The van der Waals surface area contributed by atoms with Crippen molar-refractivity contribution in [3.05, 3.63) is 83.8 Å². The van der Waals surface area contributed by atoms with Gasteiger partial charge in [0.25, 0.3) is 5.78 Å². The van der Waals surface area contributed by atoms with Crippen molar-refractivity contribution in [3.8, 4) is 5.75 Å². The van der Waals surface area contributed by atoms with Crippen LogP contribution >= 0.6 is 11.3 Å². The van der Waals surface area contributed by atoms with Gasteiger partial charge in [-0.05, 0) is 62.4 Å². The van der Waals surface area contributed by atoms with Crippen LogP contribution in [0.3, 0.4) is 0 Å². The number of aliphatic hydroxyl groups excluding tert-OH is 1. The lowest BCUT2D eigenvalue weighted by molar-refractivity contribution is -0.132. The summed E-state index contributed by atoms with van der Waals surface area (Å²) in [6.07, 6.45) is 1.47. The first-order valence-corrected chi connectivity index (χ1v) is 11.2. The molecule has 1 atom stereocenters. The zero-order chi connectivity index (χ0) is 23.1. The Morgan fingerprint density at radius 3 is 2.52 bits per heavy atom. The van der Waals surface area contributed by atoms with Crippen LogP contribution in [0.25, 0.3) is 16.0 Å². The average Bonchev–Trinajstić information content (AvgIpc) is 3.52. The summed E-state index contributed by atoms with van der Waals surface area (Å²) < 4.78 is 12.1. The molecule has 7 nitrogen and oxygen atoms in total. The molecule has 0 bridgehead atoms. The smallest absolute Gasteiger partial charge is 0.302 e. The van der Waals surface area contributed by atoms with Gasteiger partial charge in [0.15, 0.2) is 5.13 Å². The third kappa shape index (κ3) is 3.68. The number of para-hydroxylation sites is 1. The van der Waals surface area contributed by atoms with E-state index in [4.69, 9.17) is 9.15 Å². The fraction of sp³-hybridized carbons (Fsp3) is 0.160. The first kappa shape index (κ1) is 21.0. The molecule has 8 heteroatoms. The number of ether oxygens (including phenoxy) is 1. The number of thiazole rings is 1. The standard InChI is InChI=1S/C25H20N2O5S/c1-14(2)32-16-11-9-15(10-12-16)22(28)20-21(18-7-5-13-31-18)27(24(30)23(20)29)25-26-17-6-3-4-8-19(17)33-25/h3-14,21,28H,1-2H3/b22-20+. The van der Waals surface area contributed by atoms with Gasteiger partial charge in [-0.2, -0.15) is 0 Å². The molecule has 0 aliphatic carbocycles. The summed E-state index contributed by atoms with van der Waals surface area (Å²) in [5.74, 6) is -0.851. The highest BCUT2D eigenvalue weighted by atomic mass is 32.1. The zero-order valence-corrected chi connectivity index (χ0v) is 18.7. The van der Waals surface area contributed by atoms with E-state index in [9.17, 15) is 14.7 Å². The van der Waals surface area contributed by atoms with Crippen molar-refractivity contribution >= 4 is 44.1 Å². The number of aromatic nitrogens is 1. The topological polar surface area (TPSA) is 92.9 Å². The van der Waals surface area contributed by atoms with E-state index in [-0.39, 0.29) is 17.4 Å². The molecular formula is C25H20N2O5S. The number of furan rings is 1. The molecular weight excluding hydrogens is 440 g/mol. The maximum Gasteiger partial charge on any atom is 0.302 e. The zero-order valence-electron chi connectivity index (χ0n) is 17.9. The highest BCUT2D eigenvalue weighted by Gasteiger charge is 2.49. The van der Waals surface area contributed by atoms with Crippen LogP contribution in [0.2, 0.25) is 0 Å². The lowest BCUT2D eigenvalue weighted by Crippen LogP contribution is -2.29. The van der Waals surface area contributed by atoms with Crippen LogP contribution in [0.15, 0.2) is 76.9 Å². The van der Waals surface area contributed by atoms with E-state index in [0.717, 1.165) is 10.2 Å². The Labute approximate surface area is 193 Å². The van der Waals surface area contributed by atoms with Gasteiger partial charge in [-0.1, -0.05) is 23.5 Å². The third-order valence-corrected chi connectivity index (χ3v) is 6.28. The highest BCUT2D eigenvalue weighted by molar-refractivity contribution is 7.22. The van der Waals surface area contributed by atoms with Crippen LogP contribution in [0, 0.1) is 0 Å². The quantitative estimate of drug-likeness (QED) is 0.247. The molecule has 1 amide bonds. The minimum absolute atomic E-state index is 0.00235. The SMILES string of the molecule is CC(C)Oc1ccc(/C(O)=C2\C(=O)C(=O)N(c3nc4ccccc4s3)C2c2ccco2)cc1. The highest BCUT2D eigenvalue weighted by Crippen LogP contribution is 2.44. The molecule has 1 N–H and O–H groups in total. The van der Waals surface area contributed by atoms with Crippen LogP contribution in [0.4, 0.5) is 5.13 Å². The predicted molar refractivity (Wildman–Crippen MR) is 125 cm³/mol. The van der Waals surface area contributed by atoms with E-state index < -0.39 is 17.7 Å². The lowest BCUT2D eigenvalue weighted by atomic mass is 9.99. The minimum atomic E-state index is -0.938. The third-order valence-electron chi connectivity index (χ3n) is 5.25. The number of Topliss-reactive ketones (excluding diaryl/α,β-unsaturated/α-hetero) is 1. The lowest BCUT2D eigenvalue weighted by Gasteiger charge is -2.20. The van der Waals surface area contributed by atoms with Gasteiger partial charge in [-0.25, -0.2) is 4.98 Å². The van der Waals surface area contributed by atoms with E-state index in [1.54, 1.807) is 36.4 Å². The summed E-state index contributed by atoms with van der Waals surface area (Å²) in [5.41, 5.74) is 1.06. The number of ketones is 1. The van der Waals surface area contributed by atoms with E-state index in [1.807, 2.05) is 38.1 Å². The number of hydrogen-bond acceptors (Lipinski definition) is 7. The molecule has 1 aliphatic rings. The van der Waals surface area contributed by atoms with Gasteiger partial charge < -0.3 is 14.3 Å². The summed E-state index contributed by atoms with van der Waals surface area (Å²) in [7, 11) is 0. The fourth-order valence-corrected chi connectivity index (χ4v) is 4.82. The molecule has 3 heterocycles. The number of rotatable bonds is 5. The van der Waals surface area contributed by atoms with Gasteiger partial charge >= 0.3 is 5.91 Å². The van der Waals surface area contributed by atoms with Gasteiger partial charge in [0.2, 0.25) is 0 Å². The Kier molecular flexibility index (Phi) is 5.22. The molecule has 0 spiro atoms. The van der Waals surface area contributed by atoms with E-state index in [2.05, 4.69) is 4.98 Å². The number of benzene rings is 2. The Bertz CT molecular complexity index is 1340. The van der Waals surface area contributed by atoms with Crippen LogP contribution < -0.4 is 9.64 Å². The summed E-state index contributed by atoms with van der Waals surface area (Å²) in [6, 6.07) is 16.6. The number of carbonyl (C=O) groups excluding carboxylic acids is 2. The van der Waals surface area contributed by atoms with Crippen molar-refractivity contribution in [2.24, 2.45) is 0 Å². The Morgan fingerprint density at radius 2 is 1.85 bits per heavy atom. The molecule has 5 rings (SSSR count). The van der Waals surface area contributed by atoms with Gasteiger partial charge in [-0.3, -0.25) is 14.5 Å². The molecule has 0 radical (unpaired) electrons. The second kappa shape index (κ2) is 8.22. The first-order chi connectivity index (χ1) is 15.9. The molecule has 166 valence electrons. The van der Waals surface area contributed by atoms with Crippen molar-refractivity contribution in [1.29, 1.82) is 0 Å². The predicted octanol–water partition coefficient (Wildman–Crippen LogP) is 5.30. The van der Waals surface area contributed by atoms with Gasteiger partial charge in [-0.15, -0.1) is 0 Å². The van der Waals surface area contributed by atoms with Crippen molar-refractivity contribution in [1.82, 2.24) is 4.98 Å². The maximum atomic E-state index is 13.1. The number of nitrogens with zero attached hydrogens (tertiary/aromatic N) is 2. The molecule has 1 unspecified atom stereocenters. The summed E-state index contributed by atoms with van der Waals surface area (Å²) in [5, 5.41) is 11.5. The minimum Gasteiger partial charge on any atom is -0.507 e. The number of aliphatic hydroxyl groups is 1. The monoisotopic (exact) mass is 460 g/mol. The van der Waals surface area contributed by atoms with Crippen molar-refractivity contribution in [3.63, 3.8) is 0 Å². The maximum absolute atomic E-state index is 13.1. The fourth-order valence-electron chi connectivity index (χ4n) is 3.83. The van der Waals surface area contributed by atoms with E-state index >= 15 is 0 Å². The van der Waals surface area contributed by atoms with Crippen LogP contribution in [0.5, 0.6) is 5.75 Å². The Balaban J connectivity index is 1.63. The van der Waals surface area contributed by atoms with Crippen molar-refractivity contribution in [2.75, 3.05) is 4.90 Å². The molecule has 1 aliphatic heterocycles. The number of fused-ring (bicyclic) bond motifs is 1. The molecule has 2 aromatic heterocycles. The Hall–Kier alpha value is -3.91. The summed E-state index contributed by atoms with van der Waals surface area (Å²) in [6.45, 7) is 3.83. The molecule has 2 aromatic carbocycles. The summed E-state index contributed by atoms with van der Waals surface area (Å²) >= 11 is 1.30. The van der Waals surface area contributed by atoms with Gasteiger partial charge in [0.05, 0.1) is 28.2 Å². The second-order valence-electron chi connectivity index (χ2n) is 7.84. The molecule has 0 saturated carbocycles. The van der Waals surface area contributed by atoms with E-state index in [1.165, 1.54) is 22.5 Å². The number of hydrogen-bond donors (Lipinski definition) is 1. The molecule has 1 saturated heterocycles. The number of anilines is 1. The van der Waals surface area contributed by atoms with Crippen LogP contribution in [-0.4, -0.2) is 27.9 Å². The van der Waals surface area contributed by atoms with Gasteiger partial charge in [0.1, 0.15) is 23.3 Å². The first-order valence-electron chi connectivity index (χ1n) is 10.4. The van der Waals surface area contributed by atoms with Crippen LogP contribution in [0.1, 0.15) is 31.2 Å². The largest absolute Gasteiger partial charge is 0.507 e. The molecule has 4 aromatic rings. The normalized spacial score (nSPS) is 17.9.